The molecular formula is C10H13NO4. The number of rotatable bonds is 4. The molecule has 0 saturated heterocycles. The maximum atomic E-state index is 11.5. The fourth-order valence-electron chi connectivity index (χ4n) is 1.14. The Morgan fingerprint density at radius 2 is 2.27 bits per heavy atom. The van der Waals surface area contributed by atoms with E-state index in [1.807, 2.05) is 0 Å². The minimum atomic E-state index is -1.04. The fourth-order valence-corrected chi connectivity index (χ4v) is 1.14. The van der Waals surface area contributed by atoms with Gasteiger partial charge in [-0.1, -0.05) is 6.92 Å². The average Bonchev–Trinajstić information content (AvgIpc) is 2.60. The van der Waals surface area contributed by atoms with Crippen LogP contribution in [0, 0.1) is 6.92 Å². The van der Waals surface area contributed by atoms with E-state index in [1.54, 1.807) is 19.9 Å². The Morgan fingerprint density at radius 1 is 1.60 bits per heavy atom. The zero-order valence-corrected chi connectivity index (χ0v) is 8.61. The summed E-state index contributed by atoms with van der Waals surface area (Å²) in [7, 11) is 0. The molecular weight excluding hydrogens is 198 g/mol. The third kappa shape index (κ3) is 2.83. The molecule has 1 aromatic rings. The highest BCUT2D eigenvalue weighted by Gasteiger charge is 2.19. The van der Waals surface area contributed by atoms with Crippen LogP contribution >= 0.6 is 0 Å². The summed E-state index contributed by atoms with van der Waals surface area (Å²) in [6.07, 6.45) is 1.65. The van der Waals surface area contributed by atoms with Crippen LogP contribution in [0.4, 0.5) is 0 Å². The van der Waals surface area contributed by atoms with Crippen molar-refractivity contribution >= 4 is 11.9 Å². The molecule has 0 aliphatic rings. The minimum Gasteiger partial charge on any atom is -0.480 e. The van der Waals surface area contributed by atoms with Crippen molar-refractivity contribution in [1.82, 2.24) is 5.32 Å². The van der Waals surface area contributed by atoms with Crippen LogP contribution in [-0.2, 0) is 4.79 Å². The van der Waals surface area contributed by atoms with Crippen LogP contribution in [0.1, 0.15) is 29.5 Å². The summed E-state index contributed by atoms with van der Waals surface area (Å²) in [6.45, 7) is 3.41. The molecule has 82 valence electrons. The van der Waals surface area contributed by atoms with E-state index in [2.05, 4.69) is 5.32 Å². The van der Waals surface area contributed by atoms with Crippen molar-refractivity contribution in [2.24, 2.45) is 0 Å². The predicted molar refractivity (Wildman–Crippen MR) is 52.6 cm³/mol. The molecule has 2 N–H and O–H groups in total. The van der Waals surface area contributed by atoms with E-state index in [4.69, 9.17) is 9.52 Å². The molecule has 1 rings (SSSR count). The van der Waals surface area contributed by atoms with Crippen LogP contribution < -0.4 is 5.32 Å². The van der Waals surface area contributed by atoms with Gasteiger partial charge in [0.2, 0.25) is 0 Å². The molecule has 0 unspecified atom stereocenters. The molecule has 0 radical (unpaired) electrons. The predicted octanol–water partition coefficient (Wildman–Crippen LogP) is 1.18. The van der Waals surface area contributed by atoms with Crippen LogP contribution in [0.25, 0.3) is 0 Å². The van der Waals surface area contributed by atoms with E-state index in [1.165, 1.54) is 6.26 Å². The first-order valence-corrected chi connectivity index (χ1v) is 4.63. The first-order chi connectivity index (χ1) is 7.04. The fraction of sp³-hybridized carbons (Fsp3) is 0.400. The molecule has 0 aromatic carbocycles. The number of nitrogens with one attached hydrogen (secondary N) is 1. The first kappa shape index (κ1) is 11.3. The van der Waals surface area contributed by atoms with Crippen molar-refractivity contribution in [1.29, 1.82) is 0 Å². The summed E-state index contributed by atoms with van der Waals surface area (Å²) in [5.74, 6) is -0.851. The van der Waals surface area contributed by atoms with E-state index in [0.717, 1.165) is 0 Å². The Morgan fingerprint density at radius 3 is 2.67 bits per heavy atom. The zero-order valence-electron chi connectivity index (χ0n) is 8.61. The van der Waals surface area contributed by atoms with Gasteiger partial charge in [-0.05, 0) is 19.4 Å². The van der Waals surface area contributed by atoms with Crippen molar-refractivity contribution in [2.45, 2.75) is 26.3 Å². The van der Waals surface area contributed by atoms with Gasteiger partial charge in [-0.2, -0.15) is 0 Å². The maximum absolute atomic E-state index is 11.5. The largest absolute Gasteiger partial charge is 0.480 e. The lowest BCUT2D eigenvalue weighted by Crippen LogP contribution is -2.40. The molecule has 1 heterocycles. The second kappa shape index (κ2) is 4.63. The zero-order chi connectivity index (χ0) is 11.4. The van der Waals surface area contributed by atoms with Gasteiger partial charge in [-0.15, -0.1) is 0 Å². The van der Waals surface area contributed by atoms with Crippen LogP contribution in [0.3, 0.4) is 0 Å². The van der Waals surface area contributed by atoms with Crippen LogP contribution in [0.15, 0.2) is 16.7 Å². The van der Waals surface area contributed by atoms with Gasteiger partial charge in [-0.3, -0.25) is 4.79 Å². The van der Waals surface area contributed by atoms with E-state index in [9.17, 15) is 9.59 Å². The molecule has 1 amide bonds. The summed E-state index contributed by atoms with van der Waals surface area (Å²) < 4.78 is 4.95. The number of carboxylic acids is 1. The summed E-state index contributed by atoms with van der Waals surface area (Å²) in [4.78, 5) is 22.2. The molecule has 1 aromatic heterocycles. The van der Waals surface area contributed by atoms with E-state index < -0.39 is 17.9 Å². The highest BCUT2D eigenvalue weighted by atomic mass is 16.4. The number of carboxylic acid groups (broad SMARTS) is 1. The van der Waals surface area contributed by atoms with Gasteiger partial charge in [0.1, 0.15) is 18.1 Å². The van der Waals surface area contributed by atoms with Gasteiger partial charge in [0.05, 0.1) is 5.56 Å². The molecule has 0 spiro atoms. The summed E-state index contributed by atoms with van der Waals surface area (Å²) in [5.41, 5.74) is 0.340. The molecule has 0 saturated carbocycles. The molecule has 1 atom stereocenters. The van der Waals surface area contributed by atoms with Crippen molar-refractivity contribution < 1.29 is 19.1 Å². The third-order valence-electron chi connectivity index (χ3n) is 2.00. The number of aliphatic carboxylic acids is 1. The molecule has 0 aliphatic carbocycles. The van der Waals surface area contributed by atoms with Crippen molar-refractivity contribution in [3.63, 3.8) is 0 Å². The second-order valence-corrected chi connectivity index (χ2v) is 3.22. The van der Waals surface area contributed by atoms with Crippen molar-refractivity contribution in [3.05, 3.63) is 23.7 Å². The Balaban J connectivity index is 2.66. The van der Waals surface area contributed by atoms with E-state index in [-0.39, 0.29) is 0 Å². The number of carbonyl (C=O) groups is 2. The standard InChI is InChI=1S/C10H13NO4/c1-3-8(10(13)14)11-9(12)7-4-6(2)15-5-7/h4-5,8H,3H2,1-2H3,(H,11,12)(H,13,14)/t8-/m1/s1. The maximum Gasteiger partial charge on any atom is 0.326 e. The Bertz CT molecular complexity index is 369. The Labute approximate surface area is 87.1 Å². The summed E-state index contributed by atoms with van der Waals surface area (Å²) >= 11 is 0. The van der Waals surface area contributed by atoms with Crippen LogP contribution in [-0.4, -0.2) is 23.0 Å². The number of carbonyl (C=O) groups excluding carboxylic acids is 1. The molecule has 15 heavy (non-hydrogen) atoms. The molecule has 5 nitrogen and oxygen atoms in total. The molecule has 0 bridgehead atoms. The van der Waals surface area contributed by atoms with Gasteiger partial charge >= 0.3 is 5.97 Å². The monoisotopic (exact) mass is 211 g/mol. The molecule has 5 heteroatoms. The average molecular weight is 211 g/mol. The van der Waals surface area contributed by atoms with E-state index >= 15 is 0 Å². The topological polar surface area (TPSA) is 79.5 Å². The highest BCUT2D eigenvalue weighted by molar-refractivity contribution is 5.96. The number of hydrogen-bond donors (Lipinski definition) is 2. The summed E-state index contributed by atoms with van der Waals surface area (Å²) in [6, 6.07) is 0.705. The highest BCUT2D eigenvalue weighted by Crippen LogP contribution is 2.06. The lowest BCUT2D eigenvalue weighted by Gasteiger charge is -2.10. The van der Waals surface area contributed by atoms with Crippen molar-refractivity contribution in [3.8, 4) is 0 Å². The smallest absolute Gasteiger partial charge is 0.326 e. The lowest BCUT2D eigenvalue weighted by molar-refractivity contribution is -0.139. The molecule has 0 aliphatic heterocycles. The van der Waals surface area contributed by atoms with Gasteiger partial charge < -0.3 is 14.8 Å². The SMILES string of the molecule is CC[C@@H](NC(=O)c1coc(C)c1)C(=O)O. The Hall–Kier alpha value is -1.78. The number of furan rings is 1. The van der Waals surface area contributed by atoms with E-state index in [0.29, 0.717) is 17.7 Å². The first-order valence-electron chi connectivity index (χ1n) is 4.63. The number of amides is 1. The van der Waals surface area contributed by atoms with Crippen molar-refractivity contribution in [2.75, 3.05) is 0 Å². The van der Waals surface area contributed by atoms with Gasteiger partial charge in [-0.25, -0.2) is 4.79 Å². The normalized spacial score (nSPS) is 12.1. The quantitative estimate of drug-likeness (QED) is 0.783. The number of aryl methyl sites for hydroxylation is 1. The minimum absolute atomic E-state index is 0.340. The van der Waals surface area contributed by atoms with Gasteiger partial charge in [0, 0.05) is 0 Å². The van der Waals surface area contributed by atoms with Crippen LogP contribution in [0.5, 0.6) is 0 Å². The summed E-state index contributed by atoms with van der Waals surface area (Å²) in [5, 5.41) is 11.1. The third-order valence-corrected chi connectivity index (χ3v) is 2.00. The van der Waals surface area contributed by atoms with Gasteiger partial charge in [0.15, 0.2) is 0 Å². The second-order valence-electron chi connectivity index (χ2n) is 3.22. The molecule has 0 fully saturated rings. The Kier molecular flexibility index (Phi) is 3.49. The van der Waals surface area contributed by atoms with Crippen LogP contribution in [0.2, 0.25) is 0 Å². The lowest BCUT2D eigenvalue weighted by atomic mass is 10.2. The number of hydrogen-bond acceptors (Lipinski definition) is 3. The van der Waals surface area contributed by atoms with Gasteiger partial charge in [0.25, 0.3) is 5.91 Å².